The van der Waals surface area contributed by atoms with Crippen molar-refractivity contribution in [3.8, 4) is 0 Å². The third-order valence-corrected chi connectivity index (χ3v) is 4.08. The molecule has 0 radical (unpaired) electrons. The highest BCUT2D eigenvalue weighted by atomic mass is 32.2. The Bertz CT molecular complexity index is 405. The van der Waals surface area contributed by atoms with Crippen LogP contribution < -0.4 is 5.73 Å². The lowest BCUT2D eigenvalue weighted by Gasteiger charge is -2.37. The van der Waals surface area contributed by atoms with E-state index in [1.165, 1.54) is 4.90 Å². The van der Waals surface area contributed by atoms with Crippen LogP contribution in [-0.2, 0) is 14.6 Å². The summed E-state index contributed by atoms with van der Waals surface area (Å²) in [6.07, 6.45) is 2.64. The minimum atomic E-state index is -3.11. The third kappa shape index (κ3) is 4.91. The van der Waals surface area contributed by atoms with E-state index >= 15 is 0 Å². The van der Waals surface area contributed by atoms with Crippen LogP contribution in [0.5, 0.6) is 0 Å². The monoisotopic (exact) mass is 278 g/mol. The normalized spacial score (nSPS) is 27.0. The lowest BCUT2D eigenvalue weighted by molar-refractivity contribution is -0.138. The standard InChI is InChI=1S/C11H22N2O4S/c1-11(15)5-3-6-13(8-11)10(14)9(12)4-7-18(2,16)17/h9,15H,3-8,12H2,1-2H3. The average Bonchev–Trinajstić information content (AvgIpc) is 2.22. The Kier molecular flexibility index (Phi) is 4.74. The fourth-order valence-corrected chi connectivity index (χ4v) is 2.79. The molecule has 1 heterocycles. The van der Waals surface area contributed by atoms with Gasteiger partial charge in [-0.05, 0) is 26.2 Å². The molecule has 0 aromatic rings. The van der Waals surface area contributed by atoms with Crippen molar-refractivity contribution in [1.29, 1.82) is 0 Å². The molecular weight excluding hydrogens is 256 g/mol. The first kappa shape index (κ1) is 15.4. The van der Waals surface area contributed by atoms with Crippen LogP contribution in [-0.4, -0.2) is 61.1 Å². The quantitative estimate of drug-likeness (QED) is 0.695. The Morgan fingerprint density at radius 1 is 1.56 bits per heavy atom. The second kappa shape index (κ2) is 5.54. The van der Waals surface area contributed by atoms with Crippen molar-refractivity contribution in [2.24, 2.45) is 5.73 Å². The molecule has 1 aliphatic heterocycles. The highest BCUT2D eigenvalue weighted by molar-refractivity contribution is 7.90. The molecular formula is C11H22N2O4S. The number of nitrogens with two attached hydrogens (primary N) is 1. The van der Waals surface area contributed by atoms with E-state index in [9.17, 15) is 18.3 Å². The van der Waals surface area contributed by atoms with Crippen LogP contribution in [0.2, 0.25) is 0 Å². The van der Waals surface area contributed by atoms with Gasteiger partial charge in [0, 0.05) is 19.3 Å². The summed E-state index contributed by atoms with van der Waals surface area (Å²) in [5.74, 6) is -0.372. The number of nitrogens with zero attached hydrogens (tertiary/aromatic N) is 1. The molecule has 6 nitrogen and oxygen atoms in total. The molecule has 7 heteroatoms. The smallest absolute Gasteiger partial charge is 0.239 e. The van der Waals surface area contributed by atoms with Gasteiger partial charge in [-0.2, -0.15) is 0 Å². The Morgan fingerprint density at radius 3 is 2.67 bits per heavy atom. The van der Waals surface area contributed by atoms with Crippen LogP contribution in [0.1, 0.15) is 26.2 Å². The van der Waals surface area contributed by atoms with E-state index in [-0.39, 0.29) is 24.6 Å². The zero-order chi connectivity index (χ0) is 14.0. The molecule has 1 aliphatic rings. The van der Waals surface area contributed by atoms with Crippen LogP contribution in [0, 0.1) is 0 Å². The van der Waals surface area contributed by atoms with Crippen molar-refractivity contribution >= 4 is 15.7 Å². The molecule has 106 valence electrons. The van der Waals surface area contributed by atoms with Crippen molar-refractivity contribution < 1.29 is 18.3 Å². The Hall–Kier alpha value is -0.660. The van der Waals surface area contributed by atoms with Crippen LogP contribution in [0.3, 0.4) is 0 Å². The summed E-state index contributed by atoms with van der Waals surface area (Å²) < 4.78 is 22.0. The lowest BCUT2D eigenvalue weighted by atomic mass is 9.94. The topological polar surface area (TPSA) is 101 Å². The molecule has 1 rings (SSSR count). The number of rotatable bonds is 4. The largest absolute Gasteiger partial charge is 0.388 e. The van der Waals surface area contributed by atoms with E-state index in [4.69, 9.17) is 5.73 Å². The summed E-state index contributed by atoms with van der Waals surface area (Å²) >= 11 is 0. The Morgan fingerprint density at radius 2 is 2.17 bits per heavy atom. The van der Waals surface area contributed by atoms with Crippen LogP contribution in [0.15, 0.2) is 0 Å². The minimum Gasteiger partial charge on any atom is -0.388 e. The molecule has 0 aromatic heterocycles. The van der Waals surface area contributed by atoms with E-state index in [0.29, 0.717) is 13.0 Å². The maximum Gasteiger partial charge on any atom is 0.239 e. The number of carbonyl (C=O) groups is 1. The summed E-state index contributed by atoms with van der Waals surface area (Å²) in [5, 5.41) is 9.90. The van der Waals surface area contributed by atoms with Gasteiger partial charge >= 0.3 is 0 Å². The van der Waals surface area contributed by atoms with Crippen molar-refractivity contribution in [2.75, 3.05) is 25.1 Å². The number of aliphatic hydroxyl groups is 1. The van der Waals surface area contributed by atoms with Crippen LogP contribution in [0.25, 0.3) is 0 Å². The van der Waals surface area contributed by atoms with Gasteiger partial charge in [0.25, 0.3) is 0 Å². The fourth-order valence-electron chi connectivity index (χ4n) is 2.11. The predicted molar refractivity (Wildman–Crippen MR) is 68.7 cm³/mol. The molecule has 1 saturated heterocycles. The molecule has 0 bridgehead atoms. The number of hydrogen-bond donors (Lipinski definition) is 2. The van der Waals surface area contributed by atoms with Gasteiger partial charge in [-0.1, -0.05) is 0 Å². The summed E-state index contributed by atoms with van der Waals surface area (Å²) in [4.78, 5) is 13.5. The van der Waals surface area contributed by atoms with Gasteiger partial charge in [-0.15, -0.1) is 0 Å². The Balaban J connectivity index is 2.53. The van der Waals surface area contributed by atoms with E-state index in [0.717, 1.165) is 12.7 Å². The summed E-state index contributed by atoms with van der Waals surface area (Å²) in [5.41, 5.74) is 4.84. The lowest BCUT2D eigenvalue weighted by Crippen LogP contribution is -2.53. The van der Waals surface area contributed by atoms with Crippen LogP contribution in [0.4, 0.5) is 0 Å². The molecule has 1 amide bonds. The molecule has 1 fully saturated rings. The van der Waals surface area contributed by atoms with Gasteiger partial charge in [-0.3, -0.25) is 4.79 Å². The maximum atomic E-state index is 12.0. The minimum absolute atomic E-state index is 0.0931. The third-order valence-electron chi connectivity index (χ3n) is 3.10. The number of carbonyl (C=O) groups excluding carboxylic acids is 1. The first-order valence-corrected chi connectivity index (χ1v) is 8.11. The van der Waals surface area contributed by atoms with Crippen molar-refractivity contribution in [3.05, 3.63) is 0 Å². The molecule has 0 aliphatic carbocycles. The number of amides is 1. The van der Waals surface area contributed by atoms with E-state index < -0.39 is 21.5 Å². The molecule has 0 aromatic carbocycles. The molecule has 0 spiro atoms. The van der Waals surface area contributed by atoms with Gasteiger partial charge in [0.05, 0.1) is 17.4 Å². The first-order chi connectivity index (χ1) is 8.11. The van der Waals surface area contributed by atoms with E-state index in [2.05, 4.69) is 0 Å². The van der Waals surface area contributed by atoms with Gasteiger partial charge < -0.3 is 15.7 Å². The number of likely N-dealkylation sites (tertiary alicyclic amines) is 1. The van der Waals surface area contributed by atoms with Gasteiger partial charge in [0.2, 0.25) is 5.91 Å². The number of β-amino-alcohol motifs (C(OH)–C–C–N with tert-alkyl or cyclic N) is 1. The fraction of sp³-hybridized carbons (Fsp3) is 0.909. The van der Waals surface area contributed by atoms with Gasteiger partial charge in [0.1, 0.15) is 9.84 Å². The zero-order valence-corrected chi connectivity index (χ0v) is 11.7. The number of hydrogen-bond acceptors (Lipinski definition) is 5. The number of sulfone groups is 1. The predicted octanol–water partition coefficient (Wildman–Crippen LogP) is -0.878. The van der Waals surface area contributed by atoms with E-state index in [1.807, 2.05) is 0 Å². The first-order valence-electron chi connectivity index (χ1n) is 6.05. The van der Waals surface area contributed by atoms with Crippen molar-refractivity contribution in [2.45, 2.75) is 37.8 Å². The molecule has 3 N–H and O–H groups in total. The second-order valence-corrected chi connectivity index (χ2v) is 7.65. The summed E-state index contributed by atoms with van der Waals surface area (Å²) in [7, 11) is -3.11. The van der Waals surface area contributed by atoms with Crippen LogP contribution >= 0.6 is 0 Å². The van der Waals surface area contributed by atoms with Gasteiger partial charge in [0.15, 0.2) is 0 Å². The highest BCUT2D eigenvalue weighted by Gasteiger charge is 2.32. The number of piperidine rings is 1. The van der Waals surface area contributed by atoms with Crippen molar-refractivity contribution in [3.63, 3.8) is 0 Å². The van der Waals surface area contributed by atoms with E-state index in [1.54, 1.807) is 6.92 Å². The average molecular weight is 278 g/mol. The summed E-state index contributed by atoms with van der Waals surface area (Å²) in [6, 6.07) is -0.811. The molecule has 18 heavy (non-hydrogen) atoms. The van der Waals surface area contributed by atoms with Gasteiger partial charge in [-0.25, -0.2) is 8.42 Å². The zero-order valence-electron chi connectivity index (χ0n) is 10.9. The Labute approximate surface area is 108 Å². The molecule has 2 atom stereocenters. The maximum absolute atomic E-state index is 12.0. The highest BCUT2D eigenvalue weighted by Crippen LogP contribution is 2.20. The van der Waals surface area contributed by atoms with Crippen molar-refractivity contribution in [1.82, 2.24) is 4.90 Å². The summed E-state index contributed by atoms with van der Waals surface area (Å²) in [6.45, 7) is 2.52. The molecule has 0 saturated carbocycles. The second-order valence-electron chi connectivity index (χ2n) is 5.39. The molecule has 2 unspecified atom stereocenters. The SMILES string of the molecule is CC1(O)CCCN(C(=O)C(N)CCS(C)(=O)=O)C1.